The fourth-order valence-electron chi connectivity index (χ4n) is 8.79. The third kappa shape index (κ3) is 14.5. The zero-order chi connectivity index (χ0) is 52.6. The van der Waals surface area contributed by atoms with E-state index in [1.54, 1.807) is 38.5 Å². The fourth-order valence-corrected chi connectivity index (χ4v) is 9.67. The number of carbonyl (C=O) groups excluding carboxylic acids is 4. The summed E-state index contributed by atoms with van der Waals surface area (Å²) in [6.07, 6.45) is 9.49. The molecule has 4 heterocycles. The van der Waals surface area contributed by atoms with Gasteiger partial charge >= 0.3 is 5.97 Å². The molecule has 398 valence electrons. The maximum atomic E-state index is 13.8. The number of nitrogens with one attached hydrogen (secondary N) is 1. The molecule has 0 unspecified atom stereocenters. The van der Waals surface area contributed by atoms with Crippen LogP contribution in [0.15, 0.2) is 75.7 Å². The average molecular weight is 1040 g/mol. The van der Waals surface area contributed by atoms with Gasteiger partial charge in [0, 0.05) is 48.9 Å². The largest absolute Gasteiger partial charge is 0.493 e. The van der Waals surface area contributed by atoms with Gasteiger partial charge in [-0.25, -0.2) is 0 Å². The summed E-state index contributed by atoms with van der Waals surface area (Å²) >= 11 is 1.50. The topological polar surface area (TPSA) is 195 Å². The zero-order valence-corrected chi connectivity index (χ0v) is 44.3. The summed E-state index contributed by atoms with van der Waals surface area (Å²) in [5, 5.41) is 2.95. The van der Waals surface area contributed by atoms with Crippen LogP contribution in [0.4, 0.5) is 11.4 Å². The van der Waals surface area contributed by atoms with Crippen molar-refractivity contribution in [2.45, 2.75) is 77.0 Å². The lowest BCUT2D eigenvalue weighted by molar-refractivity contribution is -0.142. The van der Waals surface area contributed by atoms with E-state index in [-0.39, 0.29) is 67.8 Å². The van der Waals surface area contributed by atoms with Crippen molar-refractivity contribution >= 4 is 59.3 Å². The molecule has 2 fully saturated rings. The van der Waals surface area contributed by atoms with E-state index in [0.717, 1.165) is 29.5 Å². The SMILES string of the molecule is C/C=C1\C[C@H]2C=Nc3cc(OCc4cc(COc5cc6c(cc5OC)C(=O)N5C/C(=C/C)C[C@H]5C=N6)cc(C(C)(C)SCC(=O)NCCOCCOCCOCCOCCC(=O)OC)c4)c(OC)cc3C(=O)N2C1. The Labute approximate surface area is 437 Å². The van der Waals surface area contributed by atoms with Gasteiger partial charge in [-0.05, 0) is 75.4 Å². The molecule has 18 nitrogen and oxygen atoms in total. The van der Waals surface area contributed by atoms with Gasteiger partial charge in [0.2, 0.25) is 5.91 Å². The molecule has 74 heavy (non-hydrogen) atoms. The molecule has 19 heteroatoms. The molecule has 0 radical (unpaired) electrons. The summed E-state index contributed by atoms with van der Waals surface area (Å²) in [5.41, 5.74) is 6.91. The minimum atomic E-state index is -0.550. The van der Waals surface area contributed by atoms with Gasteiger partial charge in [0.15, 0.2) is 23.0 Å². The Morgan fingerprint density at radius 3 is 1.59 bits per heavy atom. The number of benzene rings is 3. The number of ether oxygens (including phenoxy) is 9. The highest BCUT2D eigenvalue weighted by molar-refractivity contribution is 8.00. The van der Waals surface area contributed by atoms with Crippen molar-refractivity contribution in [3.8, 4) is 23.0 Å². The van der Waals surface area contributed by atoms with Gasteiger partial charge in [-0.2, -0.15) is 0 Å². The molecule has 0 bridgehead atoms. The number of methoxy groups -OCH3 is 3. The van der Waals surface area contributed by atoms with E-state index in [4.69, 9.17) is 47.9 Å². The van der Waals surface area contributed by atoms with Crippen molar-refractivity contribution < 1.29 is 61.8 Å². The Morgan fingerprint density at radius 2 is 1.14 bits per heavy atom. The molecule has 4 aliphatic heterocycles. The Bertz CT molecular complexity index is 2480. The van der Waals surface area contributed by atoms with Gasteiger partial charge in [0.05, 0.1) is 121 Å². The predicted molar refractivity (Wildman–Crippen MR) is 282 cm³/mol. The third-order valence-corrected chi connectivity index (χ3v) is 14.5. The Hall–Kier alpha value is -6.25. The van der Waals surface area contributed by atoms with Crippen molar-refractivity contribution in [1.82, 2.24) is 15.1 Å². The number of nitrogens with zero attached hydrogens (tertiary/aromatic N) is 4. The number of hydrogen-bond acceptors (Lipinski definition) is 16. The van der Waals surface area contributed by atoms with E-state index in [1.807, 2.05) is 42.1 Å². The number of hydrogen-bond donors (Lipinski definition) is 1. The maximum Gasteiger partial charge on any atom is 0.307 e. The third-order valence-electron chi connectivity index (χ3n) is 13.1. The summed E-state index contributed by atoms with van der Waals surface area (Å²) in [6.45, 7) is 12.8. The van der Waals surface area contributed by atoms with Crippen LogP contribution >= 0.6 is 11.8 Å². The Balaban J connectivity index is 0.982. The quantitative estimate of drug-likeness (QED) is 0.0453. The van der Waals surface area contributed by atoms with E-state index >= 15 is 0 Å². The molecule has 0 aromatic heterocycles. The molecule has 2 atom stereocenters. The number of aliphatic imine (C=N–C) groups is 2. The van der Waals surface area contributed by atoms with Crippen molar-refractivity contribution in [2.75, 3.05) is 99.6 Å². The van der Waals surface area contributed by atoms with Crippen LogP contribution in [-0.2, 0) is 51.2 Å². The molecule has 3 aromatic rings. The molecule has 0 aliphatic carbocycles. The van der Waals surface area contributed by atoms with Crippen LogP contribution in [0.5, 0.6) is 23.0 Å². The van der Waals surface area contributed by atoms with Crippen LogP contribution in [0.1, 0.15) is 84.4 Å². The molecule has 3 aromatic carbocycles. The van der Waals surface area contributed by atoms with Crippen LogP contribution in [-0.4, -0.2) is 158 Å². The second kappa shape index (κ2) is 26.8. The smallest absolute Gasteiger partial charge is 0.307 e. The second-order valence-electron chi connectivity index (χ2n) is 18.4. The summed E-state index contributed by atoms with van der Waals surface area (Å²) in [7, 11) is 4.43. The van der Waals surface area contributed by atoms with Gasteiger partial charge in [-0.3, -0.25) is 29.2 Å². The summed E-state index contributed by atoms with van der Waals surface area (Å²) in [6, 6.07) is 12.8. The van der Waals surface area contributed by atoms with E-state index < -0.39 is 4.75 Å². The van der Waals surface area contributed by atoms with Crippen LogP contribution < -0.4 is 24.3 Å². The minimum absolute atomic E-state index is 0.105. The molecule has 3 amide bonds. The van der Waals surface area contributed by atoms with Crippen molar-refractivity contribution in [3.63, 3.8) is 0 Å². The van der Waals surface area contributed by atoms with Crippen molar-refractivity contribution in [2.24, 2.45) is 9.98 Å². The van der Waals surface area contributed by atoms with Crippen LogP contribution in [0.2, 0.25) is 0 Å². The fraction of sp³-hybridized carbons (Fsp3) is 0.491. The summed E-state index contributed by atoms with van der Waals surface area (Å²) in [5.74, 6) is 1.22. The van der Waals surface area contributed by atoms with Crippen molar-refractivity contribution in [3.05, 3.63) is 93.6 Å². The second-order valence-corrected chi connectivity index (χ2v) is 20.0. The van der Waals surface area contributed by atoms with Crippen LogP contribution in [0, 0.1) is 0 Å². The molecule has 4 aliphatic rings. The highest BCUT2D eigenvalue weighted by Gasteiger charge is 2.36. The van der Waals surface area contributed by atoms with E-state index in [1.165, 1.54) is 30.0 Å². The highest BCUT2D eigenvalue weighted by Crippen LogP contribution is 2.42. The number of allylic oxidation sites excluding steroid dienone is 2. The first kappa shape index (κ1) is 55.5. The van der Waals surface area contributed by atoms with E-state index in [0.29, 0.717) is 111 Å². The number of carbonyl (C=O) groups is 4. The standard InChI is InChI=1S/C55H69N5O13S/c1-8-36-23-41-29-57-45-27-49(47(65-5)25-43(45)53(63)59(41)31-36)72-33-38-20-39(34-73-50-28-46-44(26-48(50)66-6)54(64)60-32-37(9-2)24-42(60)30-58-46)22-40(21-38)55(3,4)74-35-51(61)56-11-13-69-15-17-71-19-18-70-16-14-68-12-10-52(62)67-7/h8-9,20-22,25-30,41-42H,10-19,23-24,31-35H2,1-7H3,(H,56,61)/b36-8+,37-9+/t41-,42-/m0/s1. The number of thioether (sulfide) groups is 1. The molecule has 7 rings (SSSR count). The zero-order valence-electron chi connectivity index (χ0n) is 43.5. The predicted octanol–water partition coefficient (Wildman–Crippen LogP) is 7.33. The van der Waals surface area contributed by atoms with Crippen LogP contribution in [0.25, 0.3) is 0 Å². The lowest BCUT2D eigenvalue weighted by Gasteiger charge is -2.26. The lowest BCUT2D eigenvalue weighted by atomic mass is 9.97. The number of fused-ring (bicyclic) bond motifs is 4. The summed E-state index contributed by atoms with van der Waals surface area (Å²) < 4.78 is 50.6. The van der Waals surface area contributed by atoms with Crippen molar-refractivity contribution in [1.29, 1.82) is 0 Å². The van der Waals surface area contributed by atoms with Gasteiger partial charge in [-0.15, -0.1) is 11.8 Å². The van der Waals surface area contributed by atoms with E-state index in [2.05, 4.69) is 48.2 Å². The van der Waals surface area contributed by atoms with Gasteiger partial charge in [-0.1, -0.05) is 35.4 Å². The average Bonchev–Trinajstić information content (AvgIpc) is 3.98. The highest BCUT2D eigenvalue weighted by atomic mass is 32.2. The minimum Gasteiger partial charge on any atom is -0.493 e. The normalized spacial score (nSPS) is 17.9. The maximum absolute atomic E-state index is 13.8. The summed E-state index contributed by atoms with van der Waals surface area (Å²) in [4.78, 5) is 64.9. The Morgan fingerprint density at radius 1 is 0.662 bits per heavy atom. The number of rotatable bonds is 27. The Kier molecular flexibility index (Phi) is 20.1. The first-order valence-corrected chi connectivity index (χ1v) is 25.9. The number of esters is 1. The molecular weight excluding hydrogens is 971 g/mol. The van der Waals surface area contributed by atoms with E-state index in [9.17, 15) is 19.2 Å². The molecule has 2 saturated heterocycles. The monoisotopic (exact) mass is 1040 g/mol. The molecule has 1 N–H and O–H groups in total. The van der Waals surface area contributed by atoms with Gasteiger partial charge in [0.25, 0.3) is 11.8 Å². The number of amides is 3. The van der Waals surface area contributed by atoms with Gasteiger partial charge in [0.1, 0.15) is 13.2 Å². The van der Waals surface area contributed by atoms with Crippen LogP contribution in [0.3, 0.4) is 0 Å². The first-order chi connectivity index (χ1) is 35.8. The lowest BCUT2D eigenvalue weighted by Crippen LogP contribution is -2.35. The molecule has 0 saturated carbocycles. The molecule has 0 spiro atoms. The van der Waals surface area contributed by atoms with Gasteiger partial charge < -0.3 is 57.7 Å². The molecular formula is C55H69N5O13S. The first-order valence-electron chi connectivity index (χ1n) is 24.9.